The van der Waals surface area contributed by atoms with Crippen LogP contribution in [0.5, 0.6) is 5.75 Å². The van der Waals surface area contributed by atoms with Crippen LogP contribution in [-0.2, 0) is 6.54 Å². The number of hydrogen-bond acceptors (Lipinski definition) is 3. The van der Waals surface area contributed by atoms with Gasteiger partial charge in [-0.15, -0.1) is 24.0 Å². The molecule has 2 N–H and O–H groups in total. The second-order valence-electron chi connectivity index (χ2n) is 5.34. The Hall–Kier alpha value is -0.840. The summed E-state index contributed by atoms with van der Waals surface area (Å²) in [7, 11) is 1.58. The maximum atomic E-state index is 13.9. The molecule has 4 nitrogen and oxygen atoms in total. The van der Waals surface area contributed by atoms with E-state index in [-0.39, 0.29) is 46.6 Å². The standard InChI is InChI=1S/C15H22F3N3OS.HI/c1-15(2,23-4)9-21-14(19-3)20-8-10-11(16)6-5-7-12(10)22-13(17)18;/h5-7,13H,8-9H2,1-4H3,(H2,19,20,21);1H. The van der Waals surface area contributed by atoms with Crippen molar-refractivity contribution in [2.45, 2.75) is 31.8 Å². The van der Waals surface area contributed by atoms with E-state index in [2.05, 4.69) is 34.2 Å². The van der Waals surface area contributed by atoms with Crippen molar-refractivity contribution in [3.8, 4) is 5.75 Å². The molecule has 0 heterocycles. The summed E-state index contributed by atoms with van der Waals surface area (Å²) in [6.07, 6.45) is 2.01. The number of halogens is 4. The van der Waals surface area contributed by atoms with Gasteiger partial charge in [-0.05, 0) is 32.2 Å². The number of guanidine groups is 1. The average molecular weight is 477 g/mol. The van der Waals surface area contributed by atoms with Gasteiger partial charge in [0.1, 0.15) is 11.6 Å². The zero-order valence-electron chi connectivity index (χ0n) is 14.0. The van der Waals surface area contributed by atoms with E-state index in [0.717, 1.165) is 0 Å². The number of rotatable bonds is 7. The van der Waals surface area contributed by atoms with Crippen molar-refractivity contribution in [3.05, 3.63) is 29.6 Å². The molecule has 138 valence electrons. The van der Waals surface area contributed by atoms with E-state index in [1.54, 1.807) is 18.8 Å². The second-order valence-corrected chi connectivity index (χ2v) is 6.85. The molecule has 0 aromatic heterocycles. The third-order valence-corrected chi connectivity index (χ3v) is 4.43. The monoisotopic (exact) mass is 477 g/mol. The minimum Gasteiger partial charge on any atom is -0.434 e. The molecule has 0 unspecified atom stereocenters. The summed E-state index contributed by atoms with van der Waals surface area (Å²) in [5.41, 5.74) is 0.0277. The van der Waals surface area contributed by atoms with E-state index in [9.17, 15) is 13.2 Å². The first-order valence-electron chi connectivity index (χ1n) is 7.01. The quantitative estimate of drug-likeness (QED) is 0.356. The third kappa shape index (κ3) is 7.82. The first-order chi connectivity index (χ1) is 10.8. The van der Waals surface area contributed by atoms with Gasteiger partial charge in [0.2, 0.25) is 0 Å². The van der Waals surface area contributed by atoms with Gasteiger partial charge in [-0.3, -0.25) is 4.99 Å². The summed E-state index contributed by atoms with van der Waals surface area (Å²) in [6, 6.07) is 3.83. The van der Waals surface area contributed by atoms with Crippen LogP contribution in [0.1, 0.15) is 19.4 Å². The van der Waals surface area contributed by atoms with Gasteiger partial charge >= 0.3 is 6.61 Å². The fourth-order valence-electron chi connectivity index (χ4n) is 1.68. The normalized spacial score (nSPS) is 11.9. The van der Waals surface area contributed by atoms with Crippen molar-refractivity contribution in [2.24, 2.45) is 4.99 Å². The fraction of sp³-hybridized carbons (Fsp3) is 0.533. The molecule has 0 radical (unpaired) electrons. The minimum atomic E-state index is -3.00. The molecule has 1 aromatic rings. The highest BCUT2D eigenvalue weighted by atomic mass is 127. The number of ether oxygens (including phenoxy) is 1. The Morgan fingerprint density at radius 1 is 1.33 bits per heavy atom. The van der Waals surface area contributed by atoms with Crippen LogP contribution in [0, 0.1) is 5.82 Å². The highest BCUT2D eigenvalue weighted by molar-refractivity contribution is 14.0. The SMILES string of the molecule is CN=C(NCc1c(F)cccc1OC(F)F)NCC(C)(C)SC.I. The molecule has 0 saturated carbocycles. The Bertz CT molecular complexity index is 545. The highest BCUT2D eigenvalue weighted by Crippen LogP contribution is 2.23. The van der Waals surface area contributed by atoms with Crippen LogP contribution < -0.4 is 15.4 Å². The summed E-state index contributed by atoms with van der Waals surface area (Å²) in [4.78, 5) is 4.03. The second kappa shape index (κ2) is 10.9. The van der Waals surface area contributed by atoms with Gasteiger partial charge < -0.3 is 15.4 Å². The summed E-state index contributed by atoms with van der Waals surface area (Å²) in [5, 5.41) is 6.02. The zero-order chi connectivity index (χ0) is 17.5. The molecule has 0 bridgehead atoms. The van der Waals surface area contributed by atoms with Gasteiger partial charge in [0.25, 0.3) is 0 Å². The van der Waals surface area contributed by atoms with Crippen LogP contribution in [0.2, 0.25) is 0 Å². The summed E-state index contributed by atoms with van der Waals surface area (Å²) in [5.74, 6) is -0.346. The van der Waals surface area contributed by atoms with E-state index < -0.39 is 12.4 Å². The van der Waals surface area contributed by atoms with Gasteiger partial charge in [0.15, 0.2) is 5.96 Å². The smallest absolute Gasteiger partial charge is 0.387 e. The maximum Gasteiger partial charge on any atom is 0.387 e. The predicted molar refractivity (Wildman–Crippen MR) is 104 cm³/mol. The largest absolute Gasteiger partial charge is 0.434 e. The van der Waals surface area contributed by atoms with Crippen molar-refractivity contribution in [1.29, 1.82) is 0 Å². The molecule has 0 fully saturated rings. The molecule has 1 rings (SSSR count). The maximum absolute atomic E-state index is 13.9. The van der Waals surface area contributed by atoms with Crippen LogP contribution in [0.4, 0.5) is 13.2 Å². The molecule has 0 spiro atoms. The average Bonchev–Trinajstić information content (AvgIpc) is 2.49. The molecular formula is C15H23F3IN3OS. The molecule has 0 amide bonds. The predicted octanol–water partition coefficient (Wildman–Crippen LogP) is 3.85. The lowest BCUT2D eigenvalue weighted by Crippen LogP contribution is -2.43. The van der Waals surface area contributed by atoms with Gasteiger partial charge in [0, 0.05) is 30.4 Å². The third-order valence-electron chi connectivity index (χ3n) is 3.18. The number of thioether (sulfide) groups is 1. The molecule has 9 heteroatoms. The number of nitrogens with zero attached hydrogens (tertiary/aromatic N) is 1. The lowest BCUT2D eigenvalue weighted by Gasteiger charge is -2.24. The van der Waals surface area contributed by atoms with Crippen molar-refractivity contribution < 1.29 is 17.9 Å². The first-order valence-corrected chi connectivity index (χ1v) is 8.23. The summed E-state index contributed by atoms with van der Waals surface area (Å²) in [6.45, 7) is 1.77. The molecule has 24 heavy (non-hydrogen) atoms. The molecular weight excluding hydrogens is 454 g/mol. The molecule has 0 aliphatic heterocycles. The number of hydrogen-bond donors (Lipinski definition) is 2. The number of aliphatic imine (C=N–C) groups is 1. The number of benzene rings is 1. The van der Waals surface area contributed by atoms with Crippen LogP contribution in [0.15, 0.2) is 23.2 Å². The Kier molecular flexibility index (Phi) is 10.5. The van der Waals surface area contributed by atoms with Crippen LogP contribution in [0.3, 0.4) is 0 Å². The fourth-order valence-corrected chi connectivity index (χ4v) is 1.89. The van der Waals surface area contributed by atoms with Crippen molar-refractivity contribution >= 4 is 41.7 Å². The minimum absolute atomic E-state index is 0. The van der Waals surface area contributed by atoms with E-state index in [0.29, 0.717) is 12.5 Å². The lowest BCUT2D eigenvalue weighted by molar-refractivity contribution is -0.0506. The van der Waals surface area contributed by atoms with E-state index in [1.165, 1.54) is 18.2 Å². The van der Waals surface area contributed by atoms with Crippen LogP contribution >= 0.6 is 35.7 Å². The number of nitrogens with one attached hydrogen (secondary N) is 2. The van der Waals surface area contributed by atoms with E-state index in [4.69, 9.17) is 0 Å². The van der Waals surface area contributed by atoms with Crippen LogP contribution in [-0.4, -0.2) is 37.2 Å². The lowest BCUT2D eigenvalue weighted by atomic mass is 10.2. The summed E-state index contributed by atoms with van der Waals surface area (Å²) < 4.78 is 43.0. The molecule has 0 saturated heterocycles. The van der Waals surface area contributed by atoms with Gasteiger partial charge in [0.05, 0.1) is 0 Å². The molecule has 0 aliphatic carbocycles. The highest BCUT2D eigenvalue weighted by Gasteiger charge is 2.17. The van der Waals surface area contributed by atoms with Crippen molar-refractivity contribution in [1.82, 2.24) is 10.6 Å². The van der Waals surface area contributed by atoms with Crippen molar-refractivity contribution in [2.75, 3.05) is 19.8 Å². The Morgan fingerprint density at radius 2 is 2.00 bits per heavy atom. The summed E-state index contributed by atoms with van der Waals surface area (Å²) >= 11 is 1.70. The first kappa shape index (κ1) is 23.2. The van der Waals surface area contributed by atoms with Gasteiger partial charge in [-0.25, -0.2) is 4.39 Å². The van der Waals surface area contributed by atoms with Crippen LogP contribution in [0.25, 0.3) is 0 Å². The Morgan fingerprint density at radius 3 is 2.54 bits per heavy atom. The Labute approximate surface area is 162 Å². The molecule has 0 aliphatic rings. The van der Waals surface area contributed by atoms with E-state index >= 15 is 0 Å². The number of alkyl halides is 2. The Balaban J connectivity index is 0.00000529. The van der Waals surface area contributed by atoms with Gasteiger partial charge in [-0.2, -0.15) is 20.5 Å². The van der Waals surface area contributed by atoms with Crippen molar-refractivity contribution in [3.63, 3.8) is 0 Å². The topological polar surface area (TPSA) is 45.7 Å². The molecule has 0 atom stereocenters. The zero-order valence-corrected chi connectivity index (χ0v) is 17.2. The van der Waals surface area contributed by atoms with Gasteiger partial charge in [-0.1, -0.05) is 6.07 Å². The van der Waals surface area contributed by atoms with E-state index in [1.807, 2.05) is 6.26 Å². The molecule has 1 aromatic carbocycles.